The van der Waals surface area contributed by atoms with E-state index < -0.39 is 17.5 Å². The van der Waals surface area contributed by atoms with Gasteiger partial charge in [-0.3, -0.25) is 9.78 Å². The number of hydrogen-bond donors (Lipinski definition) is 0. The lowest BCUT2D eigenvalue weighted by Gasteiger charge is -2.30. The van der Waals surface area contributed by atoms with Crippen molar-refractivity contribution in [1.82, 2.24) is 4.98 Å². The molecule has 1 heterocycles. The first-order valence-electron chi connectivity index (χ1n) is 10.8. The van der Waals surface area contributed by atoms with E-state index in [1.807, 2.05) is 6.20 Å². The van der Waals surface area contributed by atoms with Crippen LogP contribution in [-0.4, -0.2) is 10.8 Å². The van der Waals surface area contributed by atoms with Crippen LogP contribution in [0.1, 0.15) is 77.5 Å². The normalized spacial score (nSPS) is 20.8. The molecule has 1 aromatic carbocycles. The zero-order valence-electron chi connectivity index (χ0n) is 17.0. The number of rotatable bonds is 6. The second-order valence-electron chi connectivity index (χ2n) is 8.56. The van der Waals surface area contributed by atoms with Crippen LogP contribution in [0.4, 0.5) is 13.2 Å². The van der Waals surface area contributed by atoms with Gasteiger partial charge in [0.05, 0.1) is 5.69 Å². The lowest BCUT2D eigenvalue weighted by atomic mass is 9.75. The SMILES string of the molecule is O=C(CCc1cc(F)c(F)c(F)c1)C[C@@H]1CCCC(c2nccc3c2C=CCC3)C1.[HH].[HH].[HH]. The van der Waals surface area contributed by atoms with Crippen molar-refractivity contribution in [1.29, 1.82) is 0 Å². The van der Waals surface area contributed by atoms with Crippen LogP contribution in [0, 0.1) is 23.4 Å². The third-order valence-electron chi connectivity index (χ3n) is 6.40. The van der Waals surface area contributed by atoms with Gasteiger partial charge in [-0.25, -0.2) is 13.2 Å². The summed E-state index contributed by atoms with van der Waals surface area (Å²) in [5, 5.41) is 0. The molecule has 4 rings (SSSR count). The van der Waals surface area contributed by atoms with Gasteiger partial charge in [-0.15, -0.1) is 0 Å². The minimum Gasteiger partial charge on any atom is -0.300 e. The highest BCUT2D eigenvalue weighted by molar-refractivity contribution is 5.78. The van der Waals surface area contributed by atoms with Crippen LogP contribution in [0.5, 0.6) is 0 Å². The van der Waals surface area contributed by atoms with Crippen LogP contribution in [-0.2, 0) is 17.6 Å². The molecule has 2 aliphatic rings. The quantitative estimate of drug-likeness (QED) is 0.469. The van der Waals surface area contributed by atoms with Crippen molar-refractivity contribution in [2.75, 3.05) is 0 Å². The molecule has 1 saturated carbocycles. The number of pyridine rings is 1. The first-order chi connectivity index (χ1) is 14.5. The maximum absolute atomic E-state index is 13.4. The summed E-state index contributed by atoms with van der Waals surface area (Å²) in [6, 6.07) is 4.05. The lowest BCUT2D eigenvalue weighted by Crippen LogP contribution is -2.19. The average Bonchev–Trinajstić information content (AvgIpc) is 2.75. The number of carbonyl (C=O) groups is 1. The summed E-state index contributed by atoms with van der Waals surface area (Å²) in [5.74, 6) is -3.11. The van der Waals surface area contributed by atoms with Crippen molar-refractivity contribution >= 4 is 11.9 Å². The predicted molar refractivity (Wildman–Crippen MR) is 117 cm³/mol. The van der Waals surface area contributed by atoms with Crippen molar-refractivity contribution in [3.05, 3.63) is 70.3 Å². The monoisotopic (exact) mass is 419 g/mol. The highest BCUT2D eigenvalue weighted by Gasteiger charge is 2.28. The van der Waals surface area contributed by atoms with Crippen LogP contribution in [0.25, 0.3) is 6.08 Å². The fraction of sp³-hybridized carbons (Fsp3) is 0.440. The Morgan fingerprint density at radius 1 is 1.17 bits per heavy atom. The van der Waals surface area contributed by atoms with E-state index in [-0.39, 0.29) is 22.9 Å². The number of allylic oxidation sites excluding steroid dienone is 1. The minimum atomic E-state index is -1.47. The molecule has 1 unspecified atom stereocenters. The second kappa shape index (κ2) is 9.15. The molecule has 5 heteroatoms. The topological polar surface area (TPSA) is 30.0 Å². The molecule has 2 nitrogen and oxygen atoms in total. The number of hydrogen-bond acceptors (Lipinski definition) is 2. The summed E-state index contributed by atoms with van der Waals surface area (Å²) in [7, 11) is 0. The van der Waals surface area contributed by atoms with Gasteiger partial charge in [0.25, 0.3) is 0 Å². The molecule has 0 N–H and O–H groups in total. The highest BCUT2D eigenvalue weighted by atomic mass is 19.2. The fourth-order valence-electron chi connectivity index (χ4n) is 4.89. The molecule has 0 radical (unpaired) electrons. The van der Waals surface area contributed by atoms with Gasteiger partial charge in [0.15, 0.2) is 17.5 Å². The molecule has 2 aromatic rings. The van der Waals surface area contributed by atoms with Crippen LogP contribution in [0.3, 0.4) is 0 Å². The summed E-state index contributed by atoms with van der Waals surface area (Å²) in [4.78, 5) is 17.2. The van der Waals surface area contributed by atoms with E-state index in [1.54, 1.807) is 0 Å². The molecule has 0 amide bonds. The number of nitrogens with zero attached hydrogens (tertiary/aromatic N) is 1. The molecule has 2 aliphatic carbocycles. The van der Waals surface area contributed by atoms with Gasteiger partial charge < -0.3 is 0 Å². The van der Waals surface area contributed by atoms with E-state index >= 15 is 0 Å². The summed E-state index contributed by atoms with van der Waals surface area (Å²) >= 11 is 0. The molecule has 1 aromatic heterocycles. The Labute approximate surface area is 179 Å². The van der Waals surface area contributed by atoms with E-state index in [2.05, 4.69) is 18.2 Å². The highest BCUT2D eigenvalue weighted by Crippen LogP contribution is 2.39. The van der Waals surface area contributed by atoms with Gasteiger partial charge >= 0.3 is 0 Å². The van der Waals surface area contributed by atoms with Gasteiger partial charge in [-0.2, -0.15) is 0 Å². The van der Waals surface area contributed by atoms with E-state index in [1.165, 1.54) is 11.1 Å². The fourth-order valence-corrected chi connectivity index (χ4v) is 4.89. The first kappa shape index (κ1) is 20.8. The molecule has 30 heavy (non-hydrogen) atoms. The first-order valence-corrected chi connectivity index (χ1v) is 10.8. The molecule has 0 spiro atoms. The number of carbonyl (C=O) groups excluding carboxylic acids is 1. The largest absolute Gasteiger partial charge is 0.300 e. The van der Waals surface area contributed by atoms with Crippen molar-refractivity contribution in [3.8, 4) is 0 Å². The Hall–Kier alpha value is -2.43. The minimum absolute atomic E-state index is 0. The number of fused-ring (bicyclic) bond motifs is 1. The lowest BCUT2D eigenvalue weighted by molar-refractivity contribution is -0.120. The maximum atomic E-state index is 13.4. The standard InChI is InChI=1S/C25H26F3NO.3H2/c26-22-14-17(15-23(27)24(22)28)8-9-20(30)13-16-4-3-6-19(12-16)25-21-7-2-1-5-18(21)10-11-29-25;;;/h2,7,10-11,14-16,19H,1,3-6,8-9,12-13H2;3*1H/t16-,19?;;;/m1.../s1. The molecule has 1 fully saturated rings. The average molecular weight is 420 g/mol. The van der Waals surface area contributed by atoms with Gasteiger partial charge in [0.2, 0.25) is 0 Å². The van der Waals surface area contributed by atoms with Crippen LogP contribution < -0.4 is 0 Å². The molecule has 0 bridgehead atoms. The number of benzene rings is 1. The smallest absolute Gasteiger partial charge is 0.194 e. The molecule has 164 valence electrons. The summed E-state index contributed by atoms with van der Waals surface area (Å²) in [5.41, 5.74) is 4.10. The van der Waals surface area contributed by atoms with Crippen molar-refractivity contribution in [2.45, 2.75) is 63.7 Å². The molecule has 0 saturated heterocycles. The molecular weight excluding hydrogens is 387 g/mol. The van der Waals surface area contributed by atoms with Gasteiger partial charge in [0.1, 0.15) is 5.78 Å². The van der Waals surface area contributed by atoms with Crippen LogP contribution in [0.2, 0.25) is 0 Å². The Bertz CT molecular complexity index is 960. The van der Waals surface area contributed by atoms with Crippen LogP contribution in [0.15, 0.2) is 30.5 Å². The Kier molecular flexibility index (Phi) is 6.35. The zero-order valence-corrected chi connectivity index (χ0v) is 17.0. The van der Waals surface area contributed by atoms with E-state index in [0.29, 0.717) is 23.8 Å². The third kappa shape index (κ3) is 4.66. The number of ketones is 1. The van der Waals surface area contributed by atoms with Crippen molar-refractivity contribution in [3.63, 3.8) is 0 Å². The number of aromatic nitrogens is 1. The molecule has 0 aliphatic heterocycles. The third-order valence-corrected chi connectivity index (χ3v) is 6.40. The predicted octanol–water partition coefficient (Wildman–Crippen LogP) is 7.06. The zero-order chi connectivity index (χ0) is 21.1. The van der Waals surface area contributed by atoms with E-state index in [0.717, 1.165) is 56.4 Å². The summed E-state index contributed by atoms with van der Waals surface area (Å²) in [6.45, 7) is 0. The van der Waals surface area contributed by atoms with Gasteiger partial charge in [-0.05, 0) is 79.3 Å². The number of Topliss-reactive ketones (excluding diaryl/α,β-unsaturated/α-hetero) is 1. The van der Waals surface area contributed by atoms with Gasteiger partial charge in [0, 0.05) is 29.2 Å². The van der Waals surface area contributed by atoms with Crippen molar-refractivity contribution in [2.24, 2.45) is 5.92 Å². The molecule has 2 atom stereocenters. The van der Waals surface area contributed by atoms with Gasteiger partial charge in [-0.1, -0.05) is 18.6 Å². The number of aryl methyl sites for hydroxylation is 2. The second-order valence-corrected chi connectivity index (χ2v) is 8.56. The Morgan fingerprint density at radius 2 is 1.97 bits per heavy atom. The number of halogens is 3. The van der Waals surface area contributed by atoms with E-state index in [4.69, 9.17) is 4.98 Å². The van der Waals surface area contributed by atoms with Crippen LogP contribution >= 0.6 is 0 Å². The maximum Gasteiger partial charge on any atom is 0.194 e. The summed E-state index contributed by atoms with van der Waals surface area (Å²) in [6.07, 6.45) is 13.5. The Balaban J connectivity index is 0.00000181. The summed E-state index contributed by atoms with van der Waals surface area (Å²) < 4.78 is 39.8. The van der Waals surface area contributed by atoms with E-state index in [9.17, 15) is 18.0 Å². The Morgan fingerprint density at radius 3 is 2.77 bits per heavy atom. The molecular formula is C25H32F3NO. The van der Waals surface area contributed by atoms with Crippen molar-refractivity contribution < 1.29 is 22.2 Å².